The van der Waals surface area contributed by atoms with Crippen LogP contribution in [0, 0.1) is 62.6 Å². The topological polar surface area (TPSA) is 129 Å². The van der Waals surface area contributed by atoms with Crippen molar-refractivity contribution in [2.45, 2.75) is 142 Å². The lowest BCUT2D eigenvalue weighted by Crippen LogP contribution is -2.68. The molecular formula is C42H58O7. The summed E-state index contributed by atoms with van der Waals surface area (Å²) in [5.74, 6) is 1.02. The highest BCUT2D eigenvalue weighted by Crippen LogP contribution is 2.79. The molecule has 3 N–H and O–H groups in total. The zero-order chi connectivity index (χ0) is 35.2. The summed E-state index contributed by atoms with van der Waals surface area (Å²) in [6, 6.07) is 0. The quantitative estimate of drug-likeness (QED) is 0.321. The van der Waals surface area contributed by atoms with Gasteiger partial charge in [-0.05, 0) is 154 Å². The second-order valence-electron chi connectivity index (χ2n) is 19.2. The Morgan fingerprint density at radius 1 is 0.694 bits per heavy atom. The molecule has 7 heteroatoms. The largest absolute Gasteiger partial charge is 0.388 e. The van der Waals surface area contributed by atoms with Crippen molar-refractivity contribution in [1.82, 2.24) is 0 Å². The van der Waals surface area contributed by atoms with Gasteiger partial charge in [0.25, 0.3) is 0 Å². The normalized spacial score (nSPS) is 53.2. The van der Waals surface area contributed by atoms with Crippen LogP contribution in [-0.4, -0.2) is 56.3 Å². The minimum absolute atomic E-state index is 0.0384. The van der Waals surface area contributed by atoms with Gasteiger partial charge >= 0.3 is 0 Å². The molecule has 0 saturated heterocycles. The number of aliphatic hydroxyl groups excluding tert-OH is 1. The molecule has 0 amide bonds. The van der Waals surface area contributed by atoms with E-state index < -0.39 is 34.4 Å². The number of hydrogen-bond donors (Lipinski definition) is 3. The Bertz CT molecular complexity index is 1590. The monoisotopic (exact) mass is 674 g/mol. The molecule has 0 aliphatic heterocycles. The SMILES string of the molecule is CC(=O)[C@@]1(O)CC[C@H]2[C@@H]3CCC4=CC(=O)CC([C@]56CC[C@@]7(C)[C@@H](CC[C@]7(O)C(=O)CO)[C@@H]5CCC5=CC(=O)CC[C@@]56C)[C@]4(C)[C@H]3CC[C@@]21C. The lowest BCUT2D eigenvalue weighted by atomic mass is 9.31. The molecule has 0 bridgehead atoms. The van der Waals surface area contributed by atoms with Gasteiger partial charge in [0, 0.05) is 23.7 Å². The zero-order valence-electron chi connectivity index (χ0n) is 30.4. The highest BCUT2D eigenvalue weighted by atomic mass is 16.3. The fraction of sp³-hybridized carbons (Fsp3) is 0.810. The molecule has 0 aromatic heterocycles. The molecule has 1 unspecified atom stereocenters. The molecule has 268 valence electrons. The van der Waals surface area contributed by atoms with E-state index in [9.17, 15) is 34.5 Å². The lowest BCUT2D eigenvalue weighted by molar-refractivity contribution is -0.220. The van der Waals surface area contributed by atoms with Crippen LogP contribution in [0.5, 0.6) is 0 Å². The first-order valence-electron chi connectivity index (χ1n) is 19.6. The van der Waals surface area contributed by atoms with Crippen molar-refractivity contribution in [2.75, 3.05) is 6.61 Å². The van der Waals surface area contributed by atoms with E-state index in [0.717, 1.165) is 64.2 Å². The maximum atomic E-state index is 14.0. The third kappa shape index (κ3) is 3.86. The number of allylic oxidation sites excluding steroid dienone is 2. The molecule has 0 heterocycles. The summed E-state index contributed by atoms with van der Waals surface area (Å²) in [6.45, 7) is 10.0. The standard InChI is InChI=1S/C42H58O7/c1-24(44)41(48)16-12-30-29-8-6-26-21-28(46)22-34(39(26,5)31(29)11-15-37(30,41)3)40-19-18-38(4)32(13-17-42(38,49)35(47)23-43)33(40)9-7-25-20-27(45)10-14-36(25,40)2/h20-21,29-34,43,48-49H,6-19,22-23H2,1-5H3/t29-,30-,31-,32-,33-,34?,36-,37-,38-,39-,40-,41-,42-/m0/s1. The number of carbonyl (C=O) groups is 4. The smallest absolute Gasteiger partial charge is 0.190 e. The van der Waals surface area contributed by atoms with Crippen LogP contribution in [0.15, 0.2) is 23.3 Å². The number of fused-ring (bicyclic) bond motifs is 10. The van der Waals surface area contributed by atoms with Gasteiger partial charge in [-0.25, -0.2) is 0 Å². The van der Waals surface area contributed by atoms with E-state index in [-0.39, 0.29) is 57.3 Å². The van der Waals surface area contributed by atoms with E-state index in [0.29, 0.717) is 43.9 Å². The molecular weight excluding hydrogens is 616 g/mol. The Morgan fingerprint density at radius 3 is 2.04 bits per heavy atom. The summed E-state index contributed by atoms with van der Waals surface area (Å²) in [4.78, 5) is 53.3. The fourth-order valence-corrected chi connectivity index (χ4v) is 16.0. The van der Waals surface area contributed by atoms with E-state index in [1.54, 1.807) is 6.92 Å². The van der Waals surface area contributed by atoms with E-state index in [1.165, 1.54) is 11.1 Å². The van der Waals surface area contributed by atoms with Gasteiger partial charge in [0.15, 0.2) is 23.1 Å². The van der Waals surface area contributed by atoms with Gasteiger partial charge in [-0.1, -0.05) is 38.8 Å². The minimum Gasteiger partial charge on any atom is -0.388 e. The molecule has 0 aromatic carbocycles. The number of rotatable bonds is 4. The average Bonchev–Trinajstić information content (AvgIpc) is 3.51. The minimum atomic E-state index is -1.56. The van der Waals surface area contributed by atoms with Crippen molar-refractivity contribution < 1.29 is 34.5 Å². The van der Waals surface area contributed by atoms with E-state index >= 15 is 0 Å². The van der Waals surface area contributed by atoms with Crippen LogP contribution in [0.2, 0.25) is 0 Å². The molecule has 6 saturated carbocycles. The van der Waals surface area contributed by atoms with E-state index in [2.05, 4.69) is 27.7 Å². The van der Waals surface area contributed by atoms with Crippen LogP contribution in [0.4, 0.5) is 0 Å². The molecule has 8 rings (SSSR count). The van der Waals surface area contributed by atoms with Gasteiger partial charge in [0.05, 0.1) is 0 Å². The Labute approximate surface area is 291 Å². The van der Waals surface area contributed by atoms with Gasteiger partial charge in [-0.3, -0.25) is 19.2 Å². The molecule has 49 heavy (non-hydrogen) atoms. The third-order valence-corrected chi connectivity index (χ3v) is 18.5. The molecule has 0 radical (unpaired) electrons. The second kappa shape index (κ2) is 10.6. The summed E-state index contributed by atoms with van der Waals surface area (Å²) in [6.07, 6.45) is 14.8. The van der Waals surface area contributed by atoms with Crippen LogP contribution in [0.25, 0.3) is 0 Å². The predicted octanol–water partition coefficient (Wildman–Crippen LogP) is 6.26. The number of ketones is 4. The maximum absolute atomic E-state index is 14.0. The zero-order valence-corrected chi connectivity index (χ0v) is 30.4. The first-order chi connectivity index (χ1) is 23.0. The number of hydrogen-bond acceptors (Lipinski definition) is 7. The van der Waals surface area contributed by atoms with Crippen LogP contribution < -0.4 is 0 Å². The summed E-state index contributed by atoms with van der Waals surface area (Å²) in [7, 11) is 0. The van der Waals surface area contributed by atoms with Crippen molar-refractivity contribution >= 4 is 23.1 Å². The molecule has 8 aliphatic carbocycles. The first kappa shape index (κ1) is 34.1. The van der Waals surface area contributed by atoms with Gasteiger partial charge in [0.1, 0.15) is 17.8 Å². The summed E-state index contributed by atoms with van der Waals surface area (Å²) in [5.41, 5.74) is -2.29. The van der Waals surface area contributed by atoms with Crippen molar-refractivity contribution in [1.29, 1.82) is 0 Å². The Morgan fingerprint density at radius 2 is 1.33 bits per heavy atom. The molecule has 13 atom stereocenters. The number of aliphatic hydroxyl groups is 3. The Balaban J connectivity index is 1.29. The van der Waals surface area contributed by atoms with Gasteiger partial charge in [0.2, 0.25) is 0 Å². The molecule has 6 fully saturated rings. The van der Waals surface area contributed by atoms with Crippen LogP contribution in [0.3, 0.4) is 0 Å². The van der Waals surface area contributed by atoms with Gasteiger partial charge in [-0.2, -0.15) is 0 Å². The number of Topliss-reactive ketones (excluding diaryl/α,β-unsaturated/α-hetero) is 2. The molecule has 8 aliphatic rings. The maximum Gasteiger partial charge on any atom is 0.190 e. The third-order valence-electron chi connectivity index (χ3n) is 18.5. The van der Waals surface area contributed by atoms with Crippen molar-refractivity contribution in [3.05, 3.63) is 23.3 Å². The fourth-order valence-electron chi connectivity index (χ4n) is 16.0. The van der Waals surface area contributed by atoms with Crippen molar-refractivity contribution in [3.63, 3.8) is 0 Å². The van der Waals surface area contributed by atoms with E-state index in [1.807, 2.05) is 12.2 Å². The summed E-state index contributed by atoms with van der Waals surface area (Å²) < 4.78 is 0. The Hall–Kier alpha value is -1.96. The van der Waals surface area contributed by atoms with Crippen LogP contribution >= 0.6 is 0 Å². The van der Waals surface area contributed by atoms with Gasteiger partial charge < -0.3 is 15.3 Å². The molecule has 0 spiro atoms. The summed E-state index contributed by atoms with van der Waals surface area (Å²) >= 11 is 0. The van der Waals surface area contributed by atoms with Crippen LogP contribution in [0.1, 0.15) is 131 Å². The predicted molar refractivity (Wildman–Crippen MR) is 184 cm³/mol. The highest BCUT2D eigenvalue weighted by Gasteiger charge is 2.75. The second-order valence-corrected chi connectivity index (χ2v) is 19.2. The van der Waals surface area contributed by atoms with Crippen LogP contribution in [-0.2, 0) is 19.2 Å². The van der Waals surface area contributed by atoms with E-state index in [4.69, 9.17) is 0 Å². The van der Waals surface area contributed by atoms with Crippen molar-refractivity contribution in [3.8, 4) is 0 Å². The van der Waals surface area contributed by atoms with Gasteiger partial charge in [-0.15, -0.1) is 0 Å². The average molecular weight is 675 g/mol. The number of carbonyl (C=O) groups excluding carboxylic acids is 4. The Kier molecular flexibility index (Phi) is 7.36. The summed E-state index contributed by atoms with van der Waals surface area (Å²) in [5, 5.41) is 33.9. The molecule has 0 aromatic rings. The van der Waals surface area contributed by atoms with Crippen molar-refractivity contribution in [2.24, 2.45) is 62.6 Å². The lowest BCUT2D eigenvalue weighted by Gasteiger charge is -2.72. The first-order valence-corrected chi connectivity index (χ1v) is 19.6. The highest BCUT2D eigenvalue weighted by molar-refractivity contribution is 5.93. The molecule has 7 nitrogen and oxygen atoms in total.